The molecule has 0 spiro atoms. The molecular formula is C27H33F2N3O. The Morgan fingerprint density at radius 2 is 1.85 bits per heavy atom. The Labute approximate surface area is 194 Å². The van der Waals surface area contributed by atoms with Crippen molar-refractivity contribution in [3.63, 3.8) is 0 Å². The lowest BCUT2D eigenvalue weighted by Crippen LogP contribution is -2.38. The number of hydrogen-bond donors (Lipinski definition) is 2. The lowest BCUT2D eigenvalue weighted by molar-refractivity contribution is 0.246. The van der Waals surface area contributed by atoms with Gasteiger partial charge in [0.1, 0.15) is 0 Å². The maximum Gasteiger partial charge on any atom is 0.319 e. The minimum atomic E-state index is -0.977. The van der Waals surface area contributed by atoms with Crippen molar-refractivity contribution in [1.29, 1.82) is 0 Å². The van der Waals surface area contributed by atoms with Crippen molar-refractivity contribution < 1.29 is 13.6 Å². The molecule has 176 valence electrons. The van der Waals surface area contributed by atoms with Crippen LogP contribution in [0.1, 0.15) is 71.1 Å². The van der Waals surface area contributed by atoms with Crippen LogP contribution in [0.5, 0.6) is 0 Å². The van der Waals surface area contributed by atoms with Crippen LogP contribution in [0.25, 0.3) is 0 Å². The molecule has 33 heavy (non-hydrogen) atoms. The topological polar surface area (TPSA) is 53.5 Å². The molecule has 1 saturated carbocycles. The third-order valence-electron chi connectivity index (χ3n) is 6.82. The second-order valence-corrected chi connectivity index (χ2v) is 9.41. The molecule has 0 radical (unpaired) electrons. The Balaban J connectivity index is 1.47. The maximum absolute atomic E-state index is 13.4. The molecule has 2 amide bonds. The van der Waals surface area contributed by atoms with Gasteiger partial charge in [-0.2, -0.15) is 0 Å². The summed E-state index contributed by atoms with van der Waals surface area (Å²) in [6.07, 6.45) is 16.9. The van der Waals surface area contributed by atoms with E-state index in [1.165, 1.54) is 22.8 Å². The van der Waals surface area contributed by atoms with Crippen molar-refractivity contribution in [2.45, 2.75) is 77.2 Å². The molecule has 2 atom stereocenters. The molecule has 6 heteroatoms. The molecule has 2 unspecified atom stereocenters. The van der Waals surface area contributed by atoms with E-state index in [2.05, 4.69) is 35.9 Å². The molecule has 2 N–H and O–H groups in total. The van der Waals surface area contributed by atoms with Gasteiger partial charge in [-0.05, 0) is 87.0 Å². The Bertz CT molecular complexity index is 1010. The number of carbonyl (C=O) groups is 1. The first-order chi connectivity index (χ1) is 16.0. The normalized spacial score (nSPS) is 26.0. The number of nitrogens with zero attached hydrogens (tertiary/aromatic N) is 1. The molecule has 1 aliphatic heterocycles. The summed E-state index contributed by atoms with van der Waals surface area (Å²) < 4.78 is 26.6. The van der Waals surface area contributed by atoms with E-state index >= 15 is 0 Å². The van der Waals surface area contributed by atoms with Crippen LogP contribution in [0.15, 0.2) is 57.8 Å². The average molecular weight is 454 g/mol. The summed E-state index contributed by atoms with van der Waals surface area (Å²) in [4.78, 5) is 17.5. The SMILES string of the molecule is CC1C=N/C(=C2/CCCCC(NC(=O)Nc3ccc(F)c(F)c3)CC2)C2=C(CCC=C2)CC1. The van der Waals surface area contributed by atoms with Crippen LogP contribution in [-0.2, 0) is 0 Å². The van der Waals surface area contributed by atoms with E-state index in [9.17, 15) is 13.6 Å². The fourth-order valence-electron chi connectivity index (χ4n) is 4.90. The van der Waals surface area contributed by atoms with Gasteiger partial charge in [-0.25, -0.2) is 13.6 Å². The zero-order chi connectivity index (χ0) is 23.2. The van der Waals surface area contributed by atoms with Gasteiger partial charge >= 0.3 is 6.03 Å². The summed E-state index contributed by atoms with van der Waals surface area (Å²) in [5.74, 6) is -1.43. The first kappa shape index (κ1) is 23.4. The van der Waals surface area contributed by atoms with Gasteiger partial charge in [0.05, 0.1) is 5.70 Å². The second-order valence-electron chi connectivity index (χ2n) is 9.41. The first-order valence-corrected chi connectivity index (χ1v) is 12.2. The van der Waals surface area contributed by atoms with Crippen molar-refractivity contribution in [1.82, 2.24) is 5.32 Å². The van der Waals surface area contributed by atoms with E-state index in [1.807, 2.05) is 0 Å². The highest BCUT2D eigenvalue weighted by molar-refractivity contribution is 5.89. The first-order valence-electron chi connectivity index (χ1n) is 12.2. The van der Waals surface area contributed by atoms with Gasteiger partial charge < -0.3 is 10.6 Å². The fraction of sp³-hybridized carbons (Fsp3) is 0.481. The van der Waals surface area contributed by atoms with Crippen molar-refractivity contribution in [2.75, 3.05) is 5.32 Å². The summed E-state index contributed by atoms with van der Waals surface area (Å²) in [6.45, 7) is 2.24. The number of carbonyl (C=O) groups excluding carboxylic acids is 1. The van der Waals surface area contributed by atoms with E-state index in [1.54, 1.807) is 0 Å². The van der Waals surface area contributed by atoms with Crippen LogP contribution in [0.2, 0.25) is 0 Å². The highest BCUT2D eigenvalue weighted by atomic mass is 19.2. The predicted octanol–water partition coefficient (Wildman–Crippen LogP) is 7.21. The molecule has 0 saturated heterocycles. The number of nitrogens with one attached hydrogen (secondary N) is 2. The molecule has 4 nitrogen and oxygen atoms in total. The predicted molar refractivity (Wildman–Crippen MR) is 129 cm³/mol. The number of rotatable bonds is 2. The van der Waals surface area contributed by atoms with Crippen molar-refractivity contribution in [3.05, 3.63) is 64.4 Å². The Morgan fingerprint density at radius 1 is 1.00 bits per heavy atom. The van der Waals surface area contributed by atoms with E-state index in [4.69, 9.17) is 4.99 Å². The van der Waals surface area contributed by atoms with Gasteiger partial charge in [0.25, 0.3) is 0 Å². The minimum Gasteiger partial charge on any atom is -0.335 e. The van der Waals surface area contributed by atoms with Crippen LogP contribution >= 0.6 is 0 Å². The van der Waals surface area contributed by atoms with Gasteiger partial charge in [-0.1, -0.05) is 31.1 Å². The summed E-state index contributed by atoms with van der Waals surface area (Å²) in [6, 6.07) is 3.00. The summed E-state index contributed by atoms with van der Waals surface area (Å²) in [5, 5.41) is 5.64. The number of anilines is 1. The number of halogens is 2. The van der Waals surface area contributed by atoms with E-state index in [0.717, 1.165) is 82.0 Å². The average Bonchev–Trinajstić information content (AvgIpc) is 2.77. The van der Waals surface area contributed by atoms with Gasteiger partial charge in [0, 0.05) is 24.0 Å². The second kappa shape index (κ2) is 10.9. The third kappa shape index (κ3) is 6.18. The monoisotopic (exact) mass is 453 g/mol. The van der Waals surface area contributed by atoms with Crippen LogP contribution in [0.4, 0.5) is 19.3 Å². The molecule has 1 aromatic carbocycles. The highest BCUT2D eigenvalue weighted by Crippen LogP contribution is 2.36. The summed E-state index contributed by atoms with van der Waals surface area (Å²) in [7, 11) is 0. The summed E-state index contributed by atoms with van der Waals surface area (Å²) >= 11 is 0. The van der Waals surface area contributed by atoms with Crippen LogP contribution in [0.3, 0.4) is 0 Å². The van der Waals surface area contributed by atoms with E-state index < -0.39 is 17.7 Å². The lowest BCUT2D eigenvalue weighted by atomic mass is 9.85. The van der Waals surface area contributed by atoms with Gasteiger partial charge in [0.15, 0.2) is 11.6 Å². The van der Waals surface area contributed by atoms with Crippen LogP contribution in [0, 0.1) is 17.6 Å². The Hall–Kier alpha value is -2.76. The fourth-order valence-corrected chi connectivity index (χ4v) is 4.90. The molecule has 3 aliphatic rings. The van der Waals surface area contributed by atoms with E-state index in [0.29, 0.717) is 5.92 Å². The lowest BCUT2D eigenvalue weighted by Gasteiger charge is -2.26. The molecule has 1 fully saturated rings. The standard InChI is InChI=1S/C27H33F2N3O/c1-18-10-11-19-6-3-5-9-23(19)26(30-17-18)20-7-2-4-8-21(13-12-20)31-27(33)32-22-14-15-24(28)25(29)16-22/h5,9,14-18,21H,2-4,6-8,10-13H2,1H3,(H2,31,32,33)/b26-20-,30-17?. The molecule has 0 bridgehead atoms. The molecule has 1 aromatic rings. The minimum absolute atomic E-state index is 0.0259. The van der Waals surface area contributed by atoms with E-state index in [-0.39, 0.29) is 11.7 Å². The molecule has 0 aromatic heterocycles. The van der Waals surface area contributed by atoms with Crippen molar-refractivity contribution in [2.24, 2.45) is 10.9 Å². The molecule has 4 rings (SSSR count). The molecule has 2 aliphatic carbocycles. The number of amides is 2. The Morgan fingerprint density at radius 3 is 2.70 bits per heavy atom. The van der Waals surface area contributed by atoms with Crippen molar-refractivity contribution >= 4 is 17.9 Å². The van der Waals surface area contributed by atoms with Gasteiger partial charge in [-0.3, -0.25) is 4.99 Å². The van der Waals surface area contributed by atoms with Crippen molar-refractivity contribution in [3.8, 4) is 0 Å². The number of allylic oxidation sites excluding steroid dienone is 4. The van der Waals surface area contributed by atoms with Crippen LogP contribution in [-0.4, -0.2) is 18.3 Å². The zero-order valence-corrected chi connectivity index (χ0v) is 19.3. The van der Waals surface area contributed by atoms with Gasteiger partial charge in [0.2, 0.25) is 0 Å². The smallest absolute Gasteiger partial charge is 0.319 e. The number of benzene rings is 1. The highest BCUT2D eigenvalue weighted by Gasteiger charge is 2.22. The largest absolute Gasteiger partial charge is 0.335 e. The quantitative estimate of drug-likeness (QED) is 0.488. The molecular weight excluding hydrogens is 420 g/mol. The zero-order valence-electron chi connectivity index (χ0n) is 19.3. The van der Waals surface area contributed by atoms with Gasteiger partial charge in [-0.15, -0.1) is 0 Å². The maximum atomic E-state index is 13.4. The number of urea groups is 1. The number of hydrogen-bond acceptors (Lipinski definition) is 2. The van der Waals surface area contributed by atoms with Crippen LogP contribution < -0.4 is 10.6 Å². The summed E-state index contributed by atoms with van der Waals surface area (Å²) in [5.41, 5.74) is 5.62. The third-order valence-corrected chi connectivity index (χ3v) is 6.82. The Kier molecular flexibility index (Phi) is 7.73. The molecule has 1 heterocycles. The number of aliphatic imine (C=N–C) groups is 1.